The van der Waals surface area contributed by atoms with Crippen LogP contribution in [0.1, 0.15) is 56.5 Å². The Bertz CT molecular complexity index is 970. The first-order chi connectivity index (χ1) is 14.0. The van der Waals surface area contributed by atoms with Crippen LogP contribution >= 0.6 is 0 Å². The van der Waals surface area contributed by atoms with Gasteiger partial charge >= 0.3 is 0 Å². The predicted molar refractivity (Wildman–Crippen MR) is 107 cm³/mol. The van der Waals surface area contributed by atoms with E-state index in [1.165, 1.54) is 6.20 Å². The monoisotopic (exact) mass is 392 g/mol. The van der Waals surface area contributed by atoms with E-state index in [-0.39, 0.29) is 29.6 Å². The summed E-state index contributed by atoms with van der Waals surface area (Å²) in [5, 5.41) is 7.75. The van der Waals surface area contributed by atoms with Crippen molar-refractivity contribution in [3.8, 4) is 0 Å². The maximum absolute atomic E-state index is 13.0. The molecule has 1 aliphatic heterocycles. The van der Waals surface area contributed by atoms with Crippen LogP contribution in [-0.2, 0) is 0 Å². The van der Waals surface area contributed by atoms with Crippen molar-refractivity contribution in [2.45, 2.75) is 32.7 Å². The average Bonchev–Trinajstić information content (AvgIpc) is 3.58. The van der Waals surface area contributed by atoms with Crippen molar-refractivity contribution in [3.05, 3.63) is 58.9 Å². The fraction of sp³-hybridized carbons (Fsp3) is 0.409. The molecule has 0 spiro atoms. The first-order valence-electron chi connectivity index (χ1n) is 9.98. The summed E-state index contributed by atoms with van der Waals surface area (Å²) in [5.41, 5.74) is 2.27. The molecule has 29 heavy (non-hydrogen) atoms. The second kappa shape index (κ2) is 7.73. The van der Waals surface area contributed by atoms with Gasteiger partial charge in [-0.3, -0.25) is 14.4 Å². The summed E-state index contributed by atoms with van der Waals surface area (Å²) in [6.45, 7) is 5.05. The Balaban J connectivity index is 1.45. The second-order valence-electron chi connectivity index (χ2n) is 7.85. The molecule has 150 valence electrons. The molecule has 1 atom stereocenters. The molecule has 0 unspecified atom stereocenters. The third-order valence-corrected chi connectivity index (χ3v) is 5.65. The van der Waals surface area contributed by atoms with E-state index in [1.807, 2.05) is 6.92 Å². The average molecular weight is 392 g/mol. The minimum atomic E-state index is -0.121. The molecule has 0 N–H and O–H groups in total. The molecule has 2 aliphatic rings. The first kappa shape index (κ1) is 19.2. The number of nitrogens with zero attached hydrogens (tertiary/aromatic N) is 4. The van der Waals surface area contributed by atoms with Gasteiger partial charge in [-0.1, -0.05) is 12.1 Å². The van der Waals surface area contributed by atoms with Gasteiger partial charge in [-0.25, -0.2) is 0 Å². The van der Waals surface area contributed by atoms with Gasteiger partial charge in [-0.05, 0) is 44.9 Å². The number of aryl methyl sites for hydroxylation is 1. The number of piperazine rings is 1. The topological polar surface area (TPSA) is 83.5 Å². The Morgan fingerprint density at radius 1 is 1.03 bits per heavy atom. The Labute approximate surface area is 169 Å². The van der Waals surface area contributed by atoms with E-state index >= 15 is 0 Å². The number of hydrogen-bond donors (Lipinski definition) is 0. The zero-order chi connectivity index (χ0) is 20.5. The minimum absolute atomic E-state index is 0.0889. The van der Waals surface area contributed by atoms with Crippen molar-refractivity contribution in [2.24, 2.45) is 5.92 Å². The van der Waals surface area contributed by atoms with Crippen molar-refractivity contribution >= 4 is 17.6 Å². The molecule has 7 heteroatoms. The molecule has 7 nitrogen and oxygen atoms in total. The third-order valence-electron chi connectivity index (χ3n) is 5.65. The van der Waals surface area contributed by atoms with Crippen LogP contribution in [-0.4, -0.2) is 63.3 Å². The van der Waals surface area contributed by atoms with Crippen molar-refractivity contribution < 1.29 is 14.4 Å². The fourth-order valence-corrected chi connectivity index (χ4v) is 3.80. The zero-order valence-corrected chi connectivity index (χ0v) is 16.7. The van der Waals surface area contributed by atoms with E-state index in [1.54, 1.807) is 47.1 Å². The van der Waals surface area contributed by atoms with E-state index in [0.717, 1.165) is 12.8 Å². The van der Waals surface area contributed by atoms with Crippen molar-refractivity contribution in [2.75, 3.05) is 19.6 Å². The Hall–Kier alpha value is -3.09. The number of aromatic nitrogens is 2. The lowest BCUT2D eigenvalue weighted by Crippen LogP contribution is -2.55. The number of benzene rings is 1. The van der Waals surface area contributed by atoms with Crippen LogP contribution in [0.2, 0.25) is 0 Å². The van der Waals surface area contributed by atoms with Crippen LogP contribution in [0.25, 0.3) is 0 Å². The number of hydrogen-bond acceptors (Lipinski definition) is 5. The Morgan fingerprint density at radius 2 is 1.79 bits per heavy atom. The standard InChI is InChI=1S/C22H24N4O3/c1-14-13-25(10-11-26(14)22(29)19-8-9-23-24-15(19)2)21(28)18-5-3-4-17(12-18)20(27)16-6-7-16/h3-5,8-9,12,14,16H,6-7,10-11,13H2,1-2H3/t14-/m0/s1. The molecule has 0 bridgehead atoms. The Kier molecular flexibility index (Phi) is 5.13. The van der Waals surface area contributed by atoms with Gasteiger partial charge in [-0.15, -0.1) is 0 Å². The number of amides is 2. The molecule has 1 aromatic heterocycles. The maximum atomic E-state index is 13.0. The van der Waals surface area contributed by atoms with Crippen LogP contribution in [0.5, 0.6) is 0 Å². The lowest BCUT2D eigenvalue weighted by atomic mass is 10.0. The van der Waals surface area contributed by atoms with Crippen LogP contribution in [0.15, 0.2) is 36.5 Å². The van der Waals surface area contributed by atoms with Gasteiger partial charge in [0.1, 0.15) is 0 Å². The summed E-state index contributed by atoms with van der Waals surface area (Å²) in [6.07, 6.45) is 3.40. The third kappa shape index (κ3) is 3.90. The van der Waals surface area contributed by atoms with Gasteiger partial charge in [0.25, 0.3) is 11.8 Å². The number of carbonyl (C=O) groups excluding carboxylic acids is 3. The van der Waals surface area contributed by atoms with E-state index in [4.69, 9.17) is 0 Å². The number of Topliss-reactive ketones (excluding diaryl/α,β-unsaturated/α-hetero) is 1. The lowest BCUT2D eigenvalue weighted by molar-refractivity contribution is 0.0413. The predicted octanol–water partition coefficient (Wildman–Crippen LogP) is 2.36. The molecule has 2 aromatic rings. The van der Waals surface area contributed by atoms with Crippen LogP contribution in [0.3, 0.4) is 0 Å². The molecule has 4 rings (SSSR count). The van der Waals surface area contributed by atoms with Crippen LogP contribution < -0.4 is 0 Å². The van der Waals surface area contributed by atoms with Crippen LogP contribution in [0, 0.1) is 12.8 Å². The summed E-state index contributed by atoms with van der Waals surface area (Å²) in [7, 11) is 0. The van der Waals surface area contributed by atoms with Gasteiger partial charge in [0, 0.05) is 42.7 Å². The molecule has 1 saturated heterocycles. The van der Waals surface area contributed by atoms with Gasteiger partial charge < -0.3 is 9.80 Å². The highest BCUT2D eigenvalue weighted by Gasteiger charge is 2.33. The van der Waals surface area contributed by atoms with Crippen molar-refractivity contribution in [3.63, 3.8) is 0 Å². The smallest absolute Gasteiger partial charge is 0.256 e. The molecule has 0 radical (unpaired) electrons. The van der Waals surface area contributed by atoms with E-state index < -0.39 is 0 Å². The van der Waals surface area contributed by atoms with Crippen LogP contribution in [0.4, 0.5) is 0 Å². The number of carbonyl (C=O) groups is 3. The maximum Gasteiger partial charge on any atom is 0.256 e. The fourth-order valence-electron chi connectivity index (χ4n) is 3.80. The van der Waals surface area contributed by atoms with E-state index in [2.05, 4.69) is 10.2 Å². The normalized spacial score (nSPS) is 19.2. The van der Waals surface area contributed by atoms with Crippen molar-refractivity contribution in [1.29, 1.82) is 0 Å². The zero-order valence-electron chi connectivity index (χ0n) is 16.7. The van der Waals surface area contributed by atoms with E-state index in [0.29, 0.717) is 42.0 Å². The highest BCUT2D eigenvalue weighted by Crippen LogP contribution is 2.32. The summed E-state index contributed by atoms with van der Waals surface area (Å²) in [6, 6.07) is 8.56. The minimum Gasteiger partial charge on any atom is -0.335 e. The SMILES string of the molecule is Cc1nnccc1C(=O)N1CCN(C(=O)c2cccc(C(=O)C3CC3)c2)C[C@@H]1C. The molecule has 2 heterocycles. The van der Waals surface area contributed by atoms with Gasteiger partial charge in [0.2, 0.25) is 0 Å². The summed E-state index contributed by atoms with van der Waals surface area (Å²) >= 11 is 0. The molecular formula is C22H24N4O3. The number of ketones is 1. The molecular weight excluding hydrogens is 368 g/mol. The lowest BCUT2D eigenvalue weighted by Gasteiger charge is -2.40. The molecule has 1 aliphatic carbocycles. The van der Waals surface area contributed by atoms with Gasteiger partial charge in [0.15, 0.2) is 5.78 Å². The van der Waals surface area contributed by atoms with E-state index in [9.17, 15) is 14.4 Å². The molecule has 1 aromatic carbocycles. The number of rotatable bonds is 4. The summed E-state index contributed by atoms with van der Waals surface area (Å²) in [4.78, 5) is 41.7. The van der Waals surface area contributed by atoms with Gasteiger partial charge in [-0.2, -0.15) is 10.2 Å². The largest absolute Gasteiger partial charge is 0.335 e. The quantitative estimate of drug-likeness (QED) is 0.746. The molecule has 2 fully saturated rings. The van der Waals surface area contributed by atoms with Gasteiger partial charge in [0.05, 0.1) is 17.5 Å². The van der Waals surface area contributed by atoms with Crippen molar-refractivity contribution in [1.82, 2.24) is 20.0 Å². The molecule has 2 amide bonds. The highest BCUT2D eigenvalue weighted by atomic mass is 16.2. The highest BCUT2D eigenvalue weighted by molar-refractivity contribution is 6.02. The molecule has 1 saturated carbocycles. The summed E-state index contributed by atoms with van der Waals surface area (Å²) < 4.78 is 0. The Morgan fingerprint density at radius 3 is 2.48 bits per heavy atom. The summed E-state index contributed by atoms with van der Waals surface area (Å²) in [5.74, 6) is 0.0657. The second-order valence-corrected chi connectivity index (χ2v) is 7.85. The first-order valence-corrected chi connectivity index (χ1v) is 9.98.